The molecule has 0 saturated heterocycles. The molecule has 0 fully saturated rings. The summed E-state index contributed by atoms with van der Waals surface area (Å²) in [5.74, 6) is 1.57. The van der Waals surface area contributed by atoms with Crippen molar-refractivity contribution >= 4 is 15.9 Å². The molecule has 1 aromatic carbocycles. The first kappa shape index (κ1) is 14.9. The molecule has 2 rings (SSSR count). The van der Waals surface area contributed by atoms with E-state index in [1.165, 1.54) is 0 Å². The molecule has 0 aliphatic carbocycles. The number of benzene rings is 1. The van der Waals surface area contributed by atoms with Crippen molar-refractivity contribution in [2.45, 2.75) is 6.04 Å². The summed E-state index contributed by atoms with van der Waals surface area (Å²) in [6.45, 7) is 0. The standard InChI is InChI=1S/C14H18BrN3O2/c1-16-13(14-12(20-4)8-17-18(14)2)9-5-6-11(19-3)10(15)7-9/h5-8,13,16H,1-4H3. The molecule has 1 unspecified atom stereocenters. The molecule has 0 amide bonds. The molecule has 108 valence electrons. The van der Waals surface area contributed by atoms with Crippen LogP contribution in [0.15, 0.2) is 28.9 Å². The molecule has 0 aliphatic heterocycles. The van der Waals surface area contributed by atoms with Crippen LogP contribution in [-0.4, -0.2) is 31.0 Å². The third-order valence-corrected chi connectivity index (χ3v) is 3.86. The molecule has 0 saturated carbocycles. The van der Waals surface area contributed by atoms with Crippen LogP contribution in [0.25, 0.3) is 0 Å². The molecule has 0 aliphatic rings. The summed E-state index contributed by atoms with van der Waals surface area (Å²) in [7, 11) is 7.12. The molecule has 1 atom stereocenters. The zero-order valence-corrected chi connectivity index (χ0v) is 13.6. The fourth-order valence-electron chi connectivity index (χ4n) is 2.24. The van der Waals surface area contributed by atoms with Crippen LogP contribution in [0.2, 0.25) is 0 Å². The topological polar surface area (TPSA) is 48.3 Å². The summed E-state index contributed by atoms with van der Waals surface area (Å²) in [6.07, 6.45) is 1.72. The van der Waals surface area contributed by atoms with Crippen molar-refractivity contribution in [3.05, 3.63) is 40.1 Å². The Morgan fingerprint density at radius 1 is 1.25 bits per heavy atom. The molecule has 0 spiro atoms. The number of nitrogens with zero attached hydrogens (tertiary/aromatic N) is 2. The quantitative estimate of drug-likeness (QED) is 0.909. The highest BCUT2D eigenvalue weighted by Gasteiger charge is 2.21. The Hall–Kier alpha value is -1.53. The number of methoxy groups -OCH3 is 2. The van der Waals surface area contributed by atoms with E-state index in [4.69, 9.17) is 9.47 Å². The Kier molecular flexibility index (Phi) is 4.67. The van der Waals surface area contributed by atoms with Crippen LogP contribution in [0, 0.1) is 0 Å². The van der Waals surface area contributed by atoms with Gasteiger partial charge in [0.2, 0.25) is 0 Å². The first-order valence-corrected chi connectivity index (χ1v) is 6.98. The van der Waals surface area contributed by atoms with Gasteiger partial charge < -0.3 is 14.8 Å². The fourth-order valence-corrected chi connectivity index (χ4v) is 2.80. The van der Waals surface area contributed by atoms with Crippen LogP contribution in [-0.2, 0) is 7.05 Å². The van der Waals surface area contributed by atoms with E-state index in [9.17, 15) is 0 Å². The summed E-state index contributed by atoms with van der Waals surface area (Å²) < 4.78 is 13.4. The van der Waals surface area contributed by atoms with E-state index in [0.717, 1.165) is 27.2 Å². The molecule has 0 bridgehead atoms. The molecule has 0 radical (unpaired) electrons. The zero-order valence-electron chi connectivity index (χ0n) is 12.0. The van der Waals surface area contributed by atoms with Crippen LogP contribution in [0.4, 0.5) is 0 Å². The van der Waals surface area contributed by atoms with E-state index in [2.05, 4.69) is 26.3 Å². The number of halogens is 1. The van der Waals surface area contributed by atoms with Crippen molar-refractivity contribution in [1.82, 2.24) is 15.1 Å². The monoisotopic (exact) mass is 339 g/mol. The second-order valence-electron chi connectivity index (χ2n) is 4.34. The lowest BCUT2D eigenvalue weighted by atomic mass is 10.0. The number of aryl methyl sites for hydroxylation is 1. The van der Waals surface area contributed by atoms with Gasteiger partial charge in [-0.3, -0.25) is 4.68 Å². The summed E-state index contributed by atoms with van der Waals surface area (Å²) in [5, 5.41) is 7.55. The van der Waals surface area contributed by atoms with E-state index in [-0.39, 0.29) is 6.04 Å². The number of rotatable bonds is 5. The number of nitrogens with one attached hydrogen (secondary N) is 1. The largest absolute Gasteiger partial charge is 0.496 e. The molecule has 1 heterocycles. The minimum atomic E-state index is -0.0142. The predicted molar refractivity (Wildman–Crippen MR) is 81.4 cm³/mol. The Morgan fingerprint density at radius 3 is 2.50 bits per heavy atom. The van der Waals surface area contributed by atoms with Crippen molar-refractivity contribution in [1.29, 1.82) is 0 Å². The van der Waals surface area contributed by atoms with Gasteiger partial charge in [-0.1, -0.05) is 6.07 Å². The van der Waals surface area contributed by atoms with Gasteiger partial charge in [0.1, 0.15) is 11.4 Å². The van der Waals surface area contributed by atoms with E-state index in [0.29, 0.717) is 0 Å². The Bertz CT molecular complexity index is 598. The lowest BCUT2D eigenvalue weighted by Crippen LogP contribution is -2.21. The molecule has 1 N–H and O–H groups in total. The Morgan fingerprint density at radius 2 is 1.95 bits per heavy atom. The van der Waals surface area contributed by atoms with E-state index in [1.807, 2.05) is 37.0 Å². The average molecular weight is 340 g/mol. The van der Waals surface area contributed by atoms with Gasteiger partial charge in [-0.05, 0) is 40.7 Å². The number of hydrogen-bond donors (Lipinski definition) is 1. The van der Waals surface area contributed by atoms with Gasteiger partial charge in [0.05, 0.1) is 30.9 Å². The Labute approximate surface area is 127 Å². The van der Waals surface area contributed by atoms with Gasteiger partial charge in [0.15, 0.2) is 5.75 Å². The molecular weight excluding hydrogens is 322 g/mol. The van der Waals surface area contributed by atoms with Crippen molar-refractivity contribution in [3.8, 4) is 11.5 Å². The van der Waals surface area contributed by atoms with Gasteiger partial charge >= 0.3 is 0 Å². The summed E-state index contributed by atoms with van der Waals surface area (Å²) in [4.78, 5) is 0. The third kappa shape index (κ3) is 2.66. The van der Waals surface area contributed by atoms with Crippen LogP contribution >= 0.6 is 15.9 Å². The number of aromatic nitrogens is 2. The summed E-state index contributed by atoms with van der Waals surface area (Å²) in [6, 6.07) is 5.98. The van der Waals surface area contributed by atoms with Gasteiger partial charge in [-0.25, -0.2) is 0 Å². The Balaban J connectivity index is 2.47. The van der Waals surface area contributed by atoms with Gasteiger partial charge in [-0.2, -0.15) is 5.10 Å². The molecule has 2 aromatic rings. The first-order valence-electron chi connectivity index (χ1n) is 6.19. The highest BCUT2D eigenvalue weighted by molar-refractivity contribution is 9.10. The SMILES string of the molecule is CNC(c1ccc(OC)c(Br)c1)c1c(OC)cnn1C. The first-order chi connectivity index (χ1) is 9.62. The zero-order chi connectivity index (χ0) is 14.7. The summed E-state index contributed by atoms with van der Waals surface area (Å²) in [5.41, 5.74) is 2.08. The highest BCUT2D eigenvalue weighted by atomic mass is 79.9. The average Bonchev–Trinajstić information content (AvgIpc) is 2.81. The predicted octanol–water partition coefficient (Wildman–Crippen LogP) is 2.51. The molecule has 5 nitrogen and oxygen atoms in total. The fraction of sp³-hybridized carbons (Fsp3) is 0.357. The van der Waals surface area contributed by atoms with Crippen LogP contribution < -0.4 is 14.8 Å². The second-order valence-corrected chi connectivity index (χ2v) is 5.19. The van der Waals surface area contributed by atoms with Crippen molar-refractivity contribution < 1.29 is 9.47 Å². The maximum absolute atomic E-state index is 5.39. The van der Waals surface area contributed by atoms with E-state index in [1.54, 1.807) is 20.4 Å². The molecular formula is C14H18BrN3O2. The van der Waals surface area contributed by atoms with Crippen LogP contribution in [0.1, 0.15) is 17.3 Å². The second kappa shape index (κ2) is 6.28. The minimum Gasteiger partial charge on any atom is -0.496 e. The molecule has 20 heavy (non-hydrogen) atoms. The van der Waals surface area contributed by atoms with Gasteiger partial charge in [0, 0.05) is 7.05 Å². The molecule has 6 heteroatoms. The highest BCUT2D eigenvalue weighted by Crippen LogP contribution is 2.33. The lowest BCUT2D eigenvalue weighted by Gasteiger charge is -2.19. The van der Waals surface area contributed by atoms with Crippen molar-refractivity contribution in [2.75, 3.05) is 21.3 Å². The maximum atomic E-state index is 5.39. The molecule has 1 aromatic heterocycles. The minimum absolute atomic E-state index is 0.0142. The van der Waals surface area contributed by atoms with Crippen molar-refractivity contribution in [3.63, 3.8) is 0 Å². The number of hydrogen-bond acceptors (Lipinski definition) is 4. The van der Waals surface area contributed by atoms with Crippen molar-refractivity contribution in [2.24, 2.45) is 7.05 Å². The van der Waals surface area contributed by atoms with E-state index >= 15 is 0 Å². The summed E-state index contributed by atoms with van der Waals surface area (Å²) >= 11 is 3.52. The normalized spacial score (nSPS) is 12.2. The smallest absolute Gasteiger partial charge is 0.161 e. The van der Waals surface area contributed by atoms with Crippen LogP contribution in [0.5, 0.6) is 11.5 Å². The van der Waals surface area contributed by atoms with Gasteiger partial charge in [0.25, 0.3) is 0 Å². The van der Waals surface area contributed by atoms with Gasteiger partial charge in [-0.15, -0.1) is 0 Å². The van der Waals surface area contributed by atoms with Crippen LogP contribution in [0.3, 0.4) is 0 Å². The maximum Gasteiger partial charge on any atom is 0.161 e. The number of ether oxygens (including phenoxy) is 2. The lowest BCUT2D eigenvalue weighted by molar-refractivity contribution is 0.402. The third-order valence-electron chi connectivity index (χ3n) is 3.24. The van der Waals surface area contributed by atoms with E-state index < -0.39 is 0 Å².